The molecule has 6 nitrogen and oxygen atoms in total. The molecule has 1 unspecified atom stereocenters. The summed E-state index contributed by atoms with van der Waals surface area (Å²) in [5, 5.41) is 11.9. The molecule has 1 aliphatic heterocycles. The molecule has 18 heavy (non-hydrogen) atoms. The Morgan fingerprint density at radius 2 is 2.06 bits per heavy atom. The number of carboxylic acids is 1. The Balaban J connectivity index is 2.65. The van der Waals surface area contributed by atoms with Crippen LogP contribution in [0.4, 0.5) is 4.79 Å². The number of aliphatic carboxylic acids is 1. The molecule has 0 aliphatic carbocycles. The molecule has 0 radical (unpaired) electrons. The summed E-state index contributed by atoms with van der Waals surface area (Å²) in [4.78, 5) is 24.9. The monoisotopic (exact) mass is 258 g/mol. The Morgan fingerprint density at radius 1 is 1.44 bits per heavy atom. The van der Waals surface area contributed by atoms with Gasteiger partial charge in [0, 0.05) is 20.2 Å². The number of carbonyl (C=O) groups excluding carboxylic acids is 1. The first-order valence-corrected chi connectivity index (χ1v) is 6.32. The summed E-state index contributed by atoms with van der Waals surface area (Å²) >= 11 is 0. The van der Waals surface area contributed by atoms with Crippen LogP contribution in [0.15, 0.2) is 0 Å². The lowest BCUT2D eigenvalue weighted by molar-refractivity contribution is -0.144. The van der Waals surface area contributed by atoms with Gasteiger partial charge in [0.2, 0.25) is 0 Å². The Bertz CT molecular complexity index is 315. The van der Waals surface area contributed by atoms with Crippen LogP contribution in [-0.4, -0.2) is 53.8 Å². The van der Waals surface area contributed by atoms with E-state index in [1.165, 1.54) is 0 Å². The topological polar surface area (TPSA) is 78.9 Å². The number of amides is 2. The molecule has 1 saturated heterocycles. The number of rotatable bonds is 5. The molecule has 1 fully saturated rings. The Labute approximate surface area is 107 Å². The van der Waals surface area contributed by atoms with Gasteiger partial charge in [0.05, 0.1) is 6.10 Å². The zero-order valence-electron chi connectivity index (χ0n) is 11.2. The number of ether oxygens (including phenoxy) is 1. The zero-order valence-corrected chi connectivity index (χ0v) is 11.2. The van der Waals surface area contributed by atoms with E-state index in [1.54, 1.807) is 25.9 Å². The predicted octanol–water partition coefficient (Wildman–Crippen LogP) is 1.06. The lowest BCUT2D eigenvalue weighted by Crippen LogP contribution is -2.57. The third kappa shape index (κ3) is 2.93. The Morgan fingerprint density at radius 3 is 2.44 bits per heavy atom. The number of nitrogens with zero attached hydrogens (tertiary/aromatic N) is 1. The van der Waals surface area contributed by atoms with Gasteiger partial charge in [-0.25, -0.2) is 9.59 Å². The normalized spacial score (nSPS) is 19.9. The highest BCUT2D eigenvalue weighted by Crippen LogP contribution is 2.18. The fraction of sp³-hybridized carbons (Fsp3) is 0.833. The SMILES string of the molecule is CCC(CC)(NC(=O)N1CCC(OC)C1)C(=O)O. The summed E-state index contributed by atoms with van der Waals surface area (Å²) in [7, 11) is 1.62. The number of methoxy groups -OCH3 is 1. The molecular weight excluding hydrogens is 236 g/mol. The molecule has 6 heteroatoms. The number of urea groups is 1. The highest BCUT2D eigenvalue weighted by molar-refractivity contribution is 5.86. The van der Waals surface area contributed by atoms with Gasteiger partial charge in [-0.3, -0.25) is 0 Å². The maximum Gasteiger partial charge on any atom is 0.329 e. The summed E-state index contributed by atoms with van der Waals surface area (Å²) in [6.07, 6.45) is 1.58. The minimum absolute atomic E-state index is 0.0539. The third-order valence-corrected chi connectivity index (χ3v) is 3.73. The highest BCUT2D eigenvalue weighted by atomic mass is 16.5. The standard InChI is InChI=1S/C12H22N2O4/c1-4-12(5-2,10(15)16)13-11(17)14-7-6-9(8-14)18-3/h9H,4-8H2,1-3H3,(H,13,17)(H,15,16). The molecule has 1 heterocycles. The molecule has 0 aromatic carbocycles. The third-order valence-electron chi connectivity index (χ3n) is 3.73. The van der Waals surface area contributed by atoms with Crippen LogP contribution in [-0.2, 0) is 9.53 Å². The number of carboxylic acid groups (broad SMARTS) is 1. The summed E-state index contributed by atoms with van der Waals surface area (Å²) < 4.78 is 5.18. The van der Waals surface area contributed by atoms with Crippen molar-refractivity contribution in [3.8, 4) is 0 Å². The van der Waals surface area contributed by atoms with Crippen molar-refractivity contribution in [1.29, 1.82) is 0 Å². The van der Waals surface area contributed by atoms with Crippen LogP contribution in [0.2, 0.25) is 0 Å². The summed E-state index contributed by atoms with van der Waals surface area (Å²) in [6, 6.07) is -0.319. The van der Waals surface area contributed by atoms with Crippen molar-refractivity contribution in [2.75, 3.05) is 20.2 Å². The molecule has 2 amide bonds. The van der Waals surface area contributed by atoms with E-state index in [9.17, 15) is 14.7 Å². The van der Waals surface area contributed by atoms with Gasteiger partial charge in [-0.1, -0.05) is 13.8 Å². The molecular formula is C12H22N2O4. The lowest BCUT2D eigenvalue weighted by Gasteiger charge is -2.30. The number of nitrogens with one attached hydrogen (secondary N) is 1. The minimum atomic E-state index is -1.16. The van der Waals surface area contributed by atoms with Gasteiger partial charge in [-0.05, 0) is 19.3 Å². The molecule has 104 valence electrons. The average Bonchev–Trinajstić information content (AvgIpc) is 2.84. The van der Waals surface area contributed by atoms with Crippen molar-refractivity contribution in [1.82, 2.24) is 10.2 Å². The van der Waals surface area contributed by atoms with Crippen LogP contribution < -0.4 is 5.32 Å². The van der Waals surface area contributed by atoms with Crippen LogP contribution in [0.25, 0.3) is 0 Å². The molecule has 0 bridgehead atoms. The first-order valence-electron chi connectivity index (χ1n) is 6.32. The quantitative estimate of drug-likeness (QED) is 0.773. The van der Waals surface area contributed by atoms with Crippen molar-refractivity contribution < 1.29 is 19.4 Å². The van der Waals surface area contributed by atoms with Crippen LogP contribution in [0.5, 0.6) is 0 Å². The van der Waals surface area contributed by atoms with Gasteiger partial charge in [0.25, 0.3) is 0 Å². The number of hydrogen-bond donors (Lipinski definition) is 2. The molecule has 1 aliphatic rings. The first-order chi connectivity index (χ1) is 8.49. The van der Waals surface area contributed by atoms with Crippen molar-refractivity contribution in [2.45, 2.75) is 44.8 Å². The summed E-state index contributed by atoms with van der Waals surface area (Å²) in [5.74, 6) is -0.983. The van der Waals surface area contributed by atoms with Gasteiger partial charge in [-0.2, -0.15) is 0 Å². The fourth-order valence-corrected chi connectivity index (χ4v) is 2.17. The van der Waals surface area contributed by atoms with E-state index in [2.05, 4.69) is 5.32 Å². The molecule has 1 rings (SSSR count). The van der Waals surface area contributed by atoms with Crippen LogP contribution in [0.3, 0.4) is 0 Å². The van der Waals surface area contributed by atoms with Gasteiger partial charge >= 0.3 is 12.0 Å². The van der Waals surface area contributed by atoms with Crippen LogP contribution >= 0.6 is 0 Å². The van der Waals surface area contributed by atoms with Gasteiger partial charge in [-0.15, -0.1) is 0 Å². The van der Waals surface area contributed by atoms with E-state index in [-0.39, 0.29) is 12.1 Å². The summed E-state index contributed by atoms with van der Waals surface area (Å²) in [5.41, 5.74) is -1.16. The van der Waals surface area contributed by atoms with E-state index >= 15 is 0 Å². The second-order valence-corrected chi connectivity index (χ2v) is 4.62. The molecule has 2 N–H and O–H groups in total. The van der Waals surface area contributed by atoms with E-state index in [0.29, 0.717) is 25.9 Å². The smallest absolute Gasteiger partial charge is 0.329 e. The number of carbonyl (C=O) groups is 2. The largest absolute Gasteiger partial charge is 0.480 e. The first kappa shape index (κ1) is 14.8. The molecule has 0 aromatic heterocycles. The number of likely N-dealkylation sites (tertiary alicyclic amines) is 1. The van der Waals surface area contributed by atoms with E-state index in [1.807, 2.05) is 0 Å². The molecule has 0 spiro atoms. The Kier molecular flexibility index (Phi) is 4.95. The van der Waals surface area contributed by atoms with Gasteiger partial charge in [0.1, 0.15) is 5.54 Å². The van der Waals surface area contributed by atoms with E-state index < -0.39 is 11.5 Å². The number of hydrogen-bond acceptors (Lipinski definition) is 3. The average molecular weight is 258 g/mol. The predicted molar refractivity (Wildman–Crippen MR) is 66.5 cm³/mol. The van der Waals surface area contributed by atoms with Crippen LogP contribution in [0.1, 0.15) is 33.1 Å². The van der Waals surface area contributed by atoms with Gasteiger partial charge < -0.3 is 20.1 Å². The second kappa shape index (κ2) is 6.04. The Hall–Kier alpha value is -1.30. The van der Waals surface area contributed by atoms with E-state index in [4.69, 9.17) is 4.74 Å². The van der Waals surface area contributed by atoms with Gasteiger partial charge in [0.15, 0.2) is 0 Å². The molecule has 0 saturated carbocycles. The fourth-order valence-electron chi connectivity index (χ4n) is 2.17. The van der Waals surface area contributed by atoms with Crippen molar-refractivity contribution >= 4 is 12.0 Å². The zero-order chi connectivity index (χ0) is 13.8. The summed E-state index contributed by atoms with van der Waals surface area (Å²) in [6.45, 7) is 4.65. The maximum atomic E-state index is 12.0. The highest BCUT2D eigenvalue weighted by Gasteiger charge is 2.38. The minimum Gasteiger partial charge on any atom is -0.480 e. The molecule has 1 atom stereocenters. The molecule has 0 aromatic rings. The second-order valence-electron chi connectivity index (χ2n) is 4.62. The van der Waals surface area contributed by atoms with Crippen LogP contribution in [0, 0.1) is 0 Å². The van der Waals surface area contributed by atoms with Crippen molar-refractivity contribution in [2.24, 2.45) is 0 Å². The lowest BCUT2D eigenvalue weighted by atomic mass is 9.93. The van der Waals surface area contributed by atoms with Crippen molar-refractivity contribution in [3.05, 3.63) is 0 Å². The maximum absolute atomic E-state index is 12.0. The van der Waals surface area contributed by atoms with E-state index in [0.717, 1.165) is 6.42 Å². The van der Waals surface area contributed by atoms with Crippen molar-refractivity contribution in [3.63, 3.8) is 0 Å².